The Bertz CT molecular complexity index is 494. The van der Waals surface area contributed by atoms with Crippen LogP contribution >= 0.6 is 0 Å². The van der Waals surface area contributed by atoms with E-state index in [1.807, 2.05) is 13.8 Å². The van der Waals surface area contributed by atoms with E-state index in [0.717, 1.165) is 5.41 Å². The van der Waals surface area contributed by atoms with Crippen molar-refractivity contribution in [2.24, 2.45) is 0 Å². The summed E-state index contributed by atoms with van der Waals surface area (Å²) in [5, 5.41) is 4.18. The van der Waals surface area contributed by atoms with Crippen LogP contribution in [0.2, 0.25) is 0 Å². The lowest BCUT2D eigenvalue weighted by molar-refractivity contribution is 0.557. The molecule has 2 N–H and O–H groups in total. The molecule has 0 aromatic heterocycles. The van der Waals surface area contributed by atoms with Crippen LogP contribution in [0.3, 0.4) is 0 Å². The molecule has 18 heavy (non-hydrogen) atoms. The van der Waals surface area contributed by atoms with E-state index in [1.54, 1.807) is 0 Å². The minimum Gasteiger partial charge on any atom is -0.314 e. The van der Waals surface area contributed by atoms with E-state index in [9.17, 15) is 16.8 Å². The Morgan fingerprint density at radius 2 is 2.06 bits per heavy atom. The second-order valence-electron chi connectivity index (χ2n) is 4.66. The van der Waals surface area contributed by atoms with Gasteiger partial charge in [-0.05, 0) is 13.0 Å². The van der Waals surface area contributed by atoms with Crippen LogP contribution in [0.15, 0.2) is 11.5 Å². The maximum absolute atomic E-state index is 11.7. The number of sulfone groups is 1. The quantitative estimate of drug-likeness (QED) is 0.624. The third kappa shape index (κ3) is 5.94. The van der Waals surface area contributed by atoms with Crippen molar-refractivity contribution in [3.8, 4) is 0 Å². The molecule has 0 fully saturated rings. The standard InChI is InChI=1S/C10H20N2O4S2/c1-9(2)11-5-3-6-18(15,16)12-10-4-7-17(13,14)8-10/h4,7,9-12H,3,5-6,8H2,1-2H3. The summed E-state index contributed by atoms with van der Waals surface area (Å²) in [6.07, 6.45) is 1.87. The zero-order chi connectivity index (χ0) is 13.8. The maximum Gasteiger partial charge on any atom is 0.212 e. The van der Waals surface area contributed by atoms with Crippen molar-refractivity contribution >= 4 is 19.9 Å². The van der Waals surface area contributed by atoms with Crippen molar-refractivity contribution in [1.82, 2.24) is 10.0 Å². The van der Waals surface area contributed by atoms with E-state index >= 15 is 0 Å². The number of hydrogen-bond acceptors (Lipinski definition) is 5. The van der Waals surface area contributed by atoms with Gasteiger partial charge < -0.3 is 5.32 Å². The Morgan fingerprint density at radius 3 is 2.56 bits per heavy atom. The second kappa shape index (κ2) is 6.14. The minimum atomic E-state index is -3.42. The zero-order valence-electron chi connectivity index (χ0n) is 10.6. The van der Waals surface area contributed by atoms with E-state index < -0.39 is 25.9 Å². The molecular formula is C10H20N2O4S2. The van der Waals surface area contributed by atoms with Crippen LogP contribution in [-0.4, -0.2) is 47.0 Å². The highest BCUT2D eigenvalue weighted by Gasteiger charge is 2.25. The van der Waals surface area contributed by atoms with Gasteiger partial charge in [0.1, 0.15) is 0 Å². The maximum atomic E-state index is 11.7. The summed E-state index contributed by atoms with van der Waals surface area (Å²) >= 11 is 0. The van der Waals surface area contributed by atoms with Gasteiger partial charge in [0.25, 0.3) is 0 Å². The smallest absolute Gasteiger partial charge is 0.212 e. The van der Waals surface area contributed by atoms with Gasteiger partial charge >= 0.3 is 0 Å². The van der Waals surface area contributed by atoms with Crippen molar-refractivity contribution < 1.29 is 16.8 Å². The number of rotatable bonds is 7. The molecule has 0 saturated carbocycles. The molecule has 1 heterocycles. The molecule has 0 aliphatic carbocycles. The van der Waals surface area contributed by atoms with Crippen LogP contribution in [0.5, 0.6) is 0 Å². The average Bonchev–Trinajstić information content (AvgIpc) is 2.52. The first-order valence-corrected chi connectivity index (χ1v) is 9.21. The zero-order valence-corrected chi connectivity index (χ0v) is 12.2. The molecule has 1 unspecified atom stereocenters. The first-order chi connectivity index (χ1) is 8.20. The van der Waals surface area contributed by atoms with Crippen molar-refractivity contribution in [3.63, 3.8) is 0 Å². The van der Waals surface area contributed by atoms with Gasteiger partial charge in [0, 0.05) is 11.4 Å². The molecule has 1 aliphatic heterocycles. The molecule has 1 rings (SSSR count). The first-order valence-electron chi connectivity index (χ1n) is 5.84. The highest BCUT2D eigenvalue weighted by Crippen LogP contribution is 2.09. The Labute approximate surface area is 109 Å². The van der Waals surface area contributed by atoms with Crippen LogP contribution in [0, 0.1) is 0 Å². The molecule has 0 spiro atoms. The summed E-state index contributed by atoms with van der Waals surface area (Å²) in [4.78, 5) is 0. The van der Waals surface area contributed by atoms with Gasteiger partial charge in [0.2, 0.25) is 10.0 Å². The highest BCUT2D eigenvalue weighted by molar-refractivity contribution is 7.94. The Morgan fingerprint density at radius 1 is 1.39 bits per heavy atom. The lowest BCUT2D eigenvalue weighted by atomic mass is 10.4. The molecule has 0 bridgehead atoms. The fourth-order valence-electron chi connectivity index (χ4n) is 1.59. The van der Waals surface area contributed by atoms with E-state index in [2.05, 4.69) is 10.0 Å². The Hall–Kier alpha value is -0.440. The summed E-state index contributed by atoms with van der Waals surface area (Å²) in [6, 6.07) is -0.304. The monoisotopic (exact) mass is 296 g/mol. The van der Waals surface area contributed by atoms with Gasteiger partial charge in [0.05, 0.1) is 17.5 Å². The third-order valence-corrected chi connectivity index (χ3v) is 5.29. The van der Waals surface area contributed by atoms with Crippen molar-refractivity contribution in [3.05, 3.63) is 11.5 Å². The molecular weight excluding hydrogens is 276 g/mol. The topological polar surface area (TPSA) is 92.3 Å². The summed E-state index contributed by atoms with van der Waals surface area (Å²) in [6.45, 7) is 4.60. The second-order valence-corrected chi connectivity index (χ2v) is 8.47. The fraction of sp³-hybridized carbons (Fsp3) is 0.800. The largest absolute Gasteiger partial charge is 0.314 e. The van der Waals surface area contributed by atoms with Crippen LogP contribution in [0.1, 0.15) is 20.3 Å². The van der Waals surface area contributed by atoms with E-state index in [1.165, 1.54) is 6.08 Å². The number of nitrogens with one attached hydrogen (secondary N) is 2. The summed E-state index contributed by atoms with van der Waals surface area (Å²) < 4.78 is 48.0. The van der Waals surface area contributed by atoms with Crippen molar-refractivity contribution in [2.45, 2.75) is 32.4 Å². The average molecular weight is 296 g/mol. The van der Waals surface area contributed by atoms with Crippen LogP contribution in [0.25, 0.3) is 0 Å². The molecule has 6 nitrogen and oxygen atoms in total. The van der Waals surface area contributed by atoms with Gasteiger partial charge in [-0.15, -0.1) is 0 Å². The lowest BCUT2D eigenvalue weighted by Gasteiger charge is -2.11. The van der Waals surface area contributed by atoms with E-state index in [4.69, 9.17) is 0 Å². The molecule has 106 valence electrons. The summed E-state index contributed by atoms with van der Waals surface area (Å²) in [5.41, 5.74) is 0. The summed E-state index contributed by atoms with van der Waals surface area (Å²) in [5.74, 6) is -0.187. The summed E-state index contributed by atoms with van der Waals surface area (Å²) in [7, 11) is -6.64. The van der Waals surface area contributed by atoms with Crippen LogP contribution < -0.4 is 10.0 Å². The van der Waals surface area contributed by atoms with Crippen molar-refractivity contribution in [1.29, 1.82) is 0 Å². The van der Waals surface area contributed by atoms with Gasteiger partial charge in [-0.25, -0.2) is 21.6 Å². The predicted octanol–water partition coefficient (Wildman–Crippen LogP) is -0.395. The SMILES string of the molecule is CC(C)NCCCS(=O)(=O)NC1C=CS(=O)(=O)C1. The number of hydrogen-bond donors (Lipinski definition) is 2. The molecule has 1 aliphatic rings. The molecule has 8 heteroatoms. The number of sulfonamides is 1. The van der Waals surface area contributed by atoms with E-state index in [-0.39, 0.29) is 11.5 Å². The van der Waals surface area contributed by atoms with Gasteiger partial charge in [0.15, 0.2) is 9.84 Å². The van der Waals surface area contributed by atoms with Gasteiger partial charge in [-0.3, -0.25) is 0 Å². The molecule has 0 aromatic rings. The van der Waals surface area contributed by atoms with Gasteiger partial charge in [-0.1, -0.05) is 19.9 Å². The van der Waals surface area contributed by atoms with Gasteiger partial charge in [-0.2, -0.15) is 0 Å². The Kier molecular flexibility index (Phi) is 5.32. The van der Waals surface area contributed by atoms with Crippen molar-refractivity contribution in [2.75, 3.05) is 18.1 Å². The minimum absolute atomic E-state index is 0.00287. The highest BCUT2D eigenvalue weighted by atomic mass is 32.2. The Balaban J connectivity index is 2.35. The third-order valence-electron chi connectivity index (χ3n) is 2.40. The lowest BCUT2D eigenvalue weighted by Crippen LogP contribution is -2.37. The molecule has 0 aromatic carbocycles. The normalized spacial score (nSPS) is 22.7. The molecule has 1 atom stereocenters. The molecule has 0 radical (unpaired) electrons. The molecule has 0 saturated heterocycles. The van der Waals surface area contributed by atoms with Crippen LogP contribution in [0.4, 0.5) is 0 Å². The molecule has 0 amide bonds. The first kappa shape index (κ1) is 15.6. The van der Waals surface area contributed by atoms with Crippen LogP contribution in [-0.2, 0) is 19.9 Å². The fourth-order valence-corrected chi connectivity index (χ4v) is 4.20. The predicted molar refractivity (Wildman–Crippen MR) is 71.4 cm³/mol. The van der Waals surface area contributed by atoms with E-state index in [0.29, 0.717) is 19.0 Å².